The first-order valence-electron chi connectivity index (χ1n) is 9.41. The second kappa shape index (κ2) is 7.12. The zero-order valence-electron chi connectivity index (χ0n) is 14.7. The van der Waals surface area contributed by atoms with Crippen molar-refractivity contribution in [3.05, 3.63) is 47.7 Å². The van der Waals surface area contributed by atoms with Crippen molar-refractivity contribution in [3.63, 3.8) is 0 Å². The lowest BCUT2D eigenvalue weighted by Gasteiger charge is -2.37. The van der Waals surface area contributed by atoms with Crippen LogP contribution in [0.15, 0.2) is 40.8 Å². The summed E-state index contributed by atoms with van der Waals surface area (Å²) in [5, 5.41) is 0. The van der Waals surface area contributed by atoms with Crippen molar-refractivity contribution in [2.75, 3.05) is 26.2 Å². The molecule has 2 aliphatic rings. The average Bonchev–Trinajstić information content (AvgIpc) is 3.27. The fourth-order valence-corrected chi connectivity index (χ4v) is 4.30. The van der Waals surface area contributed by atoms with E-state index in [1.807, 2.05) is 6.92 Å². The maximum atomic E-state index is 5.88. The highest BCUT2D eigenvalue weighted by Gasteiger charge is 2.27. The number of nitrogens with zero attached hydrogens (tertiary/aromatic N) is 2. The van der Waals surface area contributed by atoms with Crippen LogP contribution in [0.25, 0.3) is 11.3 Å². The molecule has 0 N–H and O–H groups in total. The Labute approximate surface area is 145 Å². The smallest absolute Gasteiger partial charge is 0.134 e. The summed E-state index contributed by atoms with van der Waals surface area (Å²) in [6.07, 6.45) is 5.47. The van der Waals surface area contributed by atoms with Gasteiger partial charge < -0.3 is 4.42 Å². The van der Waals surface area contributed by atoms with Gasteiger partial charge in [-0.1, -0.05) is 24.3 Å². The molecule has 1 unspecified atom stereocenters. The molecule has 0 bridgehead atoms. The van der Waals surface area contributed by atoms with E-state index in [0.717, 1.165) is 24.1 Å². The Kier molecular flexibility index (Phi) is 4.72. The van der Waals surface area contributed by atoms with Crippen LogP contribution < -0.4 is 0 Å². The van der Waals surface area contributed by atoms with Crippen LogP contribution >= 0.6 is 0 Å². The second-order valence-corrected chi connectivity index (χ2v) is 7.34. The zero-order chi connectivity index (χ0) is 16.4. The first kappa shape index (κ1) is 15.9. The normalized spacial score (nSPS) is 23.0. The van der Waals surface area contributed by atoms with Crippen LogP contribution in [0.4, 0.5) is 0 Å². The molecule has 0 amide bonds. The van der Waals surface area contributed by atoms with Gasteiger partial charge >= 0.3 is 0 Å². The molecule has 0 aliphatic carbocycles. The molecule has 2 saturated heterocycles. The van der Waals surface area contributed by atoms with Crippen LogP contribution in [0.2, 0.25) is 0 Å². The molecule has 3 nitrogen and oxygen atoms in total. The number of aryl methyl sites for hydroxylation is 1. The molecule has 1 aromatic carbocycles. The van der Waals surface area contributed by atoms with Gasteiger partial charge in [0.25, 0.3) is 0 Å². The fraction of sp³-hybridized carbons (Fsp3) is 0.524. The third-order valence-corrected chi connectivity index (χ3v) is 5.55. The zero-order valence-corrected chi connectivity index (χ0v) is 14.7. The van der Waals surface area contributed by atoms with E-state index >= 15 is 0 Å². The van der Waals surface area contributed by atoms with E-state index in [2.05, 4.69) is 46.2 Å². The Bertz CT molecular complexity index is 672. The minimum absolute atomic E-state index is 0.763. The fourth-order valence-electron chi connectivity index (χ4n) is 4.30. The third kappa shape index (κ3) is 3.42. The third-order valence-electron chi connectivity index (χ3n) is 5.55. The van der Waals surface area contributed by atoms with Gasteiger partial charge in [-0.2, -0.15) is 0 Å². The van der Waals surface area contributed by atoms with Crippen molar-refractivity contribution >= 4 is 0 Å². The standard InChI is InChI=1S/C21H28N2O/c1-17-10-11-21(24-17)20-9-3-2-7-18(20)15-22-12-6-8-19(16-22)23-13-4-5-14-23/h2-3,7,9-11,19H,4-6,8,12-16H2,1H3. The van der Waals surface area contributed by atoms with E-state index in [0.29, 0.717) is 0 Å². The highest BCUT2D eigenvalue weighted by Crippen LogP contribution is 2.28. The lowest BCUT2D eigenvalue weighted by Crippen LogP contribution is -2.46. The topological polar surface area (TPSA) is 19.6 Å². The molecule has 3 heteroatoms. The molecule has 2 aromatic rings. The average molecular weight is 324 g/mol. The lowest BCUT2D eigenvalue weighted by molar-refractivity contribution is 0.111. The summed E-state index contributed by atoms with van der Waals surface area (Å²) in [5.74, 6) is 1.98. The van der Waals surface area contributed by atoms with E-state index in [9.17, 15) is 0 Å². The van der Waals surface area contributed by atoms with E-state index < -0.39 is 0 Å². The van der Waals surface area contributed by atoms with E-state index in [1.165, 1.54) is 63.0 Å². The maximum Gasteiger partial charge on any atom is 0.134 e. The number of furan rings is 1. The van der Waals surface area contributed by atoms with Crippen LogP contribution in [-0.4, -0.2) is 42.0 Å². The highest BCUT2D eigenvalue weighted by molar-refractivity contribution is 5.62. The van der Waals surface area contributed by atoms with Gasteiger partial charge in [0.05, 0.1) is 0 Å². The number of hydrogen-bond donors (Lipinski definition) is 0. The van der Waals surface area contributed by atoms with E-state index in [4.69, 9.17) is 4.42 Å². The number of rotatable bonds is 4. The van der Waals surface area contributed by atoms with Crippen LogP contribution in [0.3, 0.4) is 0 Å². The van der Waals surface area contributed by atoms with Gasteiger partial charge in [-0.05, 0) is 69.9 Å². The predicted octanol–water partition coefficient (Wildman–Crippen LogP) is 4.32. The van der Waals surface area contributed by atoms with Gasteiger partial charge in [-0.25, -0.2) is 0 Å². The van der Waals surface area contributed by atoms with Gasteiger partial charge in [0, 0.05) is 24.7 Å². The molecule has 128 valence electrons. The van der Waals surface area contributed by atoms with Crippen molar-refractivity contribution in [2.24, 2.45) is 0 Å². The Morgan fingerprint density at radius 1 is 1.00 bits per heavy atom. The summed E-state index contributed by atoms with van der Waals surface area (Å²) in [7, 11) is 0. The van der Waals surface area contributed by atoms with Gasteiger partial charge in [0.1, 0.15) is 11.5 Å². The monoisotopic (exact) mass is 324 g/mol. The molecule has 4 rings (SSSR count). The minimum Gasteiger partial charge on any atom is -0.461 e. The lowest BCUT2D eigenvalue weighted by atomic mass is 10.0. The number of likely N-dealkylation sites (tertiary alicyclic amines) is 2. The van der Waals surface area contributed by atoms with Crippen LogP contribution in [0.5, 0.6) is 0 Å². The quantitative estimate of drug-likeness (QED) is 0.835. The molecule has 0 saturated carbocycles. The molecule has 2 aliphatic heterocycles. The van der Waals surface area contributed by atoms with Crippen molar-refractivity contribution in [3.8, 4) is 11.3 Å². The summed E-state index contributed by atoms with van der Waals surface area (Å²) < 4.78 is 5.88. The Morgan fingerprint density at radius 2 is 1.83 bits per heavy atom. The molecule has 1 atom stereocenters. The Balaban J connectivity index is 1.49. The van der Waals surface area contributed by atoms with Crippen LogP contribution in [0, 0.1) is 6.92 Å². The van der Waals surface area contributed by atoms with E-state index in [1.54, 1.807) is 0 Å². The molecule has 0 radical (unpaired) electrons. The molecule has 0 spiro atoms. The maximum absolute atomic E-state index is 5.88. The first-order chi connectivity index (χ1) is 11.8. The minimum atomic E-state index is 0.763. The first-order valence-corrected chi connectivity index (χ1v) is 9.41. The molecular weight excluding hydrogens is 296 g/mol. The van der Waals surface area contributed by atoms with Gasteiger partial charge in [-0.3, -0.25) is 9.80 Å². The summed E-state index contributed by atoms with van der Waals surface area (Å²) in [6, 6.07) is 13.6. The SMILES string of the molecule is Cc1ccc(-c2ccccc2CN2CCCC(N3CCCC3)C2)o1. The molecule has 3 heterocycles. The van der Waals surface area contributed by atoms with Crippen LogP contribution in [-0.2, 0) is 6.54 Å². The van der Waals surface area contributed by atoms with Gasteiger partial charge in [-0.15, -0.1) is 0 Å². The van der Waals surface area contributed by atoms with Gasteiger partial charge in [0.2, 0.25) is 0 Å². The van der Waals surface area contributed by atoms with E-state index in [-0.39, 0.29) is 0 Å². The second-order valence-electron chi connectivity index (χ2n) is 7.34. The molecule has 2 fully saturated rings. The Morgan fingerprint density at radius 3 is 2.62 bits per heavy atom. The highest BCUT2D eigenvalue weighted by atomic mass is 16.3. The number of benzene rings is 1. The summed E-state index contributed by atoms with van der Waals surface area (Å²) >= 11 is 0. The number of hydrogen-bond acceptors (Lipinski definition) is 3. The summed E-state index contributed by atoms with van der Waals surface area (Å²) in [4.78, 5) is 5.36. The van der Waals surface area contributed by atoms with Crippen molar-refractivity contribution in [1.29, 1.82) is 0 Å². The van der Waals surface area contributed by atoms with Crippen LogP contribution in [0.1, 0.15) is 37.0 Å². The number of piperidine rings is 1. The molecular formula is C21H28N2O. The predicted molar refractivity (Wildman–Crippen MR) is 98.0 cm³/mol. The summed E-state index contributed by atoms with van der Waals surface area (Å²) in [5.41, 5.74) is 2.63. The van der Waals surface area contributed by atoms with Crippen molar-refractivity contribution in [1.82, 2.24) is 9.80 Å². The van der Waals surface area contributed by atoms with Crippen molar-refractivity contribution in [2.45, 2.75) is 45.2 Å². The van der Waals surface area contributed by atoms with Crippen molar-refractivity contribution < 1.29 is 4.42 Å². The molecule has 1 aromatic heterocycles. The largest absolute Gasteiger partial charge is 0.461 e. The summed E-state index contributed by atoms with van der Waals surface area (Å²) in [6.45, 7) is 8.08. The van der Waals surface area contributed by atoms with Gasteiger partial charge in [0.15, 0.2) is 0 Å². The Hall–Kier alpha value is -1.58. The molecule has 24 heavy (non-hydrogen) atoms.